The molecule has 0 N–H and O–H groups in total. The highest BCUT2D eigenvalue weighted by atomic mass is 79.9. The highest BCUT2D eigenvalue weighted by Crippen LogP contribution is 2.26. The lowest BCUT2D eigenvalue weighted by Gasteiger charge is -2.03. The third-order valence-electron chi connectivity index (χ3n) is 1.44. The highest BCUT2D eigenvalue weighted by Gasteiger charge is 2.20. The quantitative estimate of drug-likeness (QED) is 0.827. The van der Waals surface area contributed by atoms with Gasteiger partial charge in [0.2, 0.25) is 0 Å². The fourth-order valence-electron chi connectivity index (χ4n) is 0.676. The predicted octanol–water partition coefficient (Wildman–Crippen LogP) is 2.69. The van der Waals surface area contributed by atoms with E-state index in [4.69, 9.17) is 0 Å². The predicted molar refractivity (Wildman–Crippen MR) is 54.3 cm³/mol. The van der Waals surface area contributed by atoms with Gasteiger partial charge in [-0.15, -0.1) is 11.3 Å². The maximum absolute atomic E-state index is 11.5. The topological polar surface area (TPSA) is 34.1 Å². The average Bonchev–Trinajstić information content (AvgIpc) is 2.35. The van der Waals surface area contributed by atoms with Crippen LogP contribution in [0.1, 0.15) is 13.8 Å². The van der Waals surface area contributed by atoms with E-state index in [1.807, 2.05) is 0 Å². The largest absolute Gasteiger partial charge is 0.223 e. The Morgan fingerprint density at radius 3 is 2.42 bits per heavy atom. The van der Waals surface area contributed by atoms with Crippen LogP contribution >= 0.6 is 27.3 Å². The van der Waals surface area contributed by atoms with Crippen molar-refractivity contribution < 1.29 is 8.42 Å². The second-order valence-corrected chi connectivity index (χ2v) is 7.24. The van der Waals surface area contributed by atoms with E-state index in [-0.39, 0.29) is 5.25 Å². The Labute approximate surface area is 84.7 Å². The minimum Gasteiger partial charge on any atom is -0.223 e. The van der Waals surface area contributed by atoms with Gasteiger partial charge in [-0.3, -0.25) is 0 Å². The van der Waals surface area contributed by atoms with Crippen LogP contribution in [0.25, 0.3) is 0 Å². The van der Waals surface area contributed by atoms with E-state index < -0.39 is 9.84 Å². The van der Waals surface area contributed by atoms with Crippen molar-refractivity contribution in [2.75, 3.05) is 0 Å². The van der Waals surface area contributed by atoms with Crippen molar-refractivity contribution in [1.29, 1.82) is 0 Å². The van der Waals surface area contributed by atoms with Crippen molar-refractivity contribution in [3.8, 4) is 0 Å². The Kier molecular flexibility index (Phi) is 2.96. The summed E-state index contributed by atoms with van der Waals surface area (Å²) >= 11 is 4.47. The lowest BCUT2D eigenvalue weighted by Crippen LogP contribution is -2.12. The highest BCUT2D eigenvalue weighted by molar-refractivity contribution is 9.10. The monoisotopic (exact) mass is 268 g/mol. The van der Waals surface area contributed by atoms with Gasteiger partial charge in [-0.2, -0.15) is 0 Å². The van der Waals surface area contributed by atoms with Gasteiger partial charge in [-0.1, -0.05) is 0 Å². The van der Waals surface area contributed by atoms with Crippen molar-refractivity contribution in [2.45, 2.75) is 23.3 Å². The maximum Gasteiger partial charge on any atom is 0.190 e. The lowest BCUT2D eigenvalue weighted by molar-refractivity contribution is 0.589. The molecule has 0 unspecified atom stereocenters. The molecule has 0 aliphatic rings. The van der Waals surface area contributed by atoms with Crippen LogP contribution < -0.4 is 0 Å². The van der Waals surface area contributed by atoms with E-state index >= 15 is 0 Å². The van der Waals surface area contributed by atoms with E-state index in [9.17, 15) is 8.42 Å². The summed E-state index contributed by atoms with van der Waals surface area (Å²) in [6, 6.07) is 1.64. The van der Waals surface area contributed by atoms with Crippen LogP contribution in [0.5, 0.6) is 0 Å². The van der Waals surface area contributed by atoms with Crippen LogP contribution in [0.3, 0.4) is 0 Å². The zero-order chi connectivity index (χ0) is 9.35. The molecule has 12 heavy (non-hydrogen) atoms. The molecule has 0 amide bonds. The first kappa shape index (κ1) is 10.2. The number of rotatable bonds is 2. The number of halogens is 1. The van der Waals surface area contributed by atoms with Crippen molar-refractivity contribution in [1.82, 2.24) is 0 Å². The maximum atomic E-state index is 11.5. The molecule has 1 aromatic rings. The third-order valence-corrected chi connectivity index (χ3v) is 5.83. The molecule has 0 radical (unpaired) electrons. The van der Waals surface area contributed by atoms with E-state index in [0.29, 0.717) is 4.21 Å². The summed E-state index contributed by atoms with van der Waals surface area (Å²) in [7, 11) is -3.07. The summed E-state index contributed by atoms with van der Waals surface area (Å²) in [4.78, 5) is 0. The van der Waals surface area contributed by atoms with Gasteiger partial charge in [0.25, 0.3) is 0 Å². The summed E-state index contributed by atoms with van der Waals surface area (Å²) in [6.07, 6.45) is 0. The van der Waals surface area contributed by atoms with Crippen molar-refractivity contribution in [2.24, 2.45) is 0 Å². The summed E-state index contributed by atoms with van der Waals surface area (Å²) in [5.41, 5.74) is 0. The molecule has 0 aliphatic heterocycles. The third kappa shape index (κ3) is 1.89. The summed E-state index contributed by atoms with van der Waals surface area (Å²) < 4.78 is 24.3. The van der Waals surface area contributed by atoms with Gasteiger partial charge in [-0.25, -0.2) is 8.42 Å². The SMILES string of the molecule is CC(C)S(=O)(=O)c1cc(Br)cs1. The summed E-state index contributed by atoms with van der Waals surface area (Å²) in [5, 5.41) is 1.43. The Bertz CT molecular complexity index is 365. The second kappa shape index (κ2) is 3.47. The Morgan fingerprint density at radius 2 is 2.08 bits per heavy atom. The zero-order valence-electron chi connectivity index (χ0n) is 6.74. The molecular formula is C7H9BrO2S2. The van der Waals surface area contributed by atoms with E-state index in [1.165, 1.54) is 11.3 Å². The van der Waals surface area contributed by atoms with Crippen LogP contribution in [-0.2, 0) is 9.84 Å². The van der Waals surface area contributed by atoms with Gasteiger partial charge in [0.05, 0.1) is 5.25 Å². The molecule has 1 aromatic heterocycles. The van der Waals surface area contributed by atoms with Crippen LogP contribution in [0.15, 0.2) is 20.1 Å². The molecule has 0 aliphatic carbocycles. The smallest absolute Gasteiger partial charge is 0.190 e. The first-order chi connectivity index (χ1) is 5.44. The van der Waals surface area contributed by atoms with Gasteiger partial charge in [0, 0.05) is 9.85 Å². The van der Waals surface area contributed by atoms with E-state index in [0.717, 1.165) is 4.47 Å². The fourth-order valence-corrected chi connectivity index (χ4v) is 3.99. The minimum atomic E-state index is -3.07. The Hall–Kier alpha value is 0.130. The standard InChI is InChI=1S/C7H9BrO2S2/c1-5(2)12(9,10)7-3-6(8)4-11-7/h3-5H,1-2H3. The second-order valence-electron chi connectivity index (χ2n) is 2.68. The molecule has 0 atom stereocenters. The number of hydrogen-bond acceptors (Lipinski definition) is 3. The van der Waals surface area contributed by atoms with Crippen LogP contribution in [-0.4, -0.2) is 13.7 Å². The molecule has 0 spiro atoms. The minimum absolute atomic E-state index is 0.344. The normalized spacial score (nSPS) is 12.3. The van der Waals surface area contributed by atoms with Crippen molar-refractivity contribution in [3.63, 3.8) is 0 Å². The number of hydrogen-bond donors (Lipinski definition) is 0. The first-order valence-electron chi connectivity index (χ1n) is 3.42. The molecule has 68 valence electrons. The van der Waals surface area contributed by atoms with E-state index in [1.54, 1.807) is 25.3 Å². The molecule has 0 fully saturated rings. The molecular weight excluding hydrogens is 260 g/mol. The Balaban J connectivity index is 3.15. The lowest BCUT2D eigenvalue weighted by atomic mass is 10.6. The Morgan fingerprint density at radius 1 is 1.50 bits per heavy atom. The molecule has 2 nitrogen and oxygen atoms in total. The van der Waals surface area contributed by atoms with Gasteiger partial charge in [0.15, 0.2) is 9.84 Å². The summed E-state index contributed by atoms with van der Waals surface area (Å²) in [5.74, 6) is 0. The van der Waals surface area contributed by atoms with Crippen molar-refractivity contribution >= 4 is 37.1 Å². The number of thiophene rings is 1. The van der Waals surface area contributed by atoms with E-state index in [2.05, 4.69) is 15.9 Å². The van der Waals surface area contributed by atoms with Crippen LogP contribution in [0, 0.1) is 0 Å². The van der Waals surface area contributed by atoms with Gasteiger partial charge < -0.3 is 0 Å². The summed E-state index contributed by atoms with van der Waals surface area (Å²) in [6.45, 7) is 3.37. The molecule has 0 aromatic carbocycles. The fraction of sp³-hybridized carbons (Fsp3) is 0.429. The average molecular weight is 269 g/mol. The molecule has 0 bridgehead atoms. The molecule has 0 saturated heterocycles. The van der Waals surface area contributed by atoms with Crippen LogP contribution in [0.2, 0.25) is 0 Å². The first-order valence-corrected chi connectivity index (χ1v) is 6.64. The molecule has 1 rings (SSSR count). The van der Waals surface area contributed by atoms with Gasteiger partial charge >= 0.3 is 0 Å². The number of sulfone groups is 1. The molecule has 1 heterocycles. The van der Waals surface area contributed by atoms with Gasteiger partial charge in [-0.05, 0) is 35.8 Å². The zero-order valence-corrected chi connectivity index (χ0v) is 9.96. The van der Waals surface area contributed by atoms with Gasteiger partial charge in [0.1, 0.15) is 4.21 Å². The molecule has 0 saturated carbocycles. The molecule has 5 heteroatoms. The van der Waals surface area contributed by atoms with Crippen molar-refractivity contribution in [3.05, 3.63) is 15.9 Å². The van der Waals surface area contributed by atoms with Crippen LogP contribution in [0.4, 0.5) is 0 Å².